The van der Waals surface area contributed by atoms with Gasteiger partial charge in [0, 0.05) is 43.5 Å². The number of rotatable bonds is 13. The van der Waals surface area contributed by atoms with E-state index in [9.17, 15) is 8.42 Å². The van der Waals surface area contributed by atoms with Crippen molar-refractivity contribution in [3.05, 3.63) is 60.3 Å². The molecule has 4 heterocycles. The number of sulfone groups is 1. The van der Waals surface area contributed by atoms with Crippen molar-refractivity contribution in [1.29, 1.82) is 0 Å². The molecule has 9 atom stereocenters. The van der Waals surface area contributed by atoms with Gasteiger partial charge in [-0.25, -0.2) is 18.4 Å². The number of nitrogens with two attached hydrogens (primary N) is 1. The van der Waals surface area contributed by atoms with E-state index in [1.165, 1.54) is 6.20 Å². The van der Waals surface area contributed by atoms with Crippen LogP contribution >= 0.6 is 113 Å². The summed E-state index contributed by atoms with van der Waals surface area (Å²) in [5.41, 5.74) is 9.48. The smallest absolute Gasteiger partial charge is 0.270 e. The topological polar surface area (TPSA) is 155 Å². The molecule has 0 spiro atoms. The maximum absolute atomic E-state index is 13.0. The molecular formula is C28H46N6O5P14S. The van der Waals surface area contributed by atoms with Crippen LogP contribution in [0.3, 0.4) is 0 Å². The quantitative estimate of drug-likeness (QED) is 0.123. The first-order chi connectivity index (χ1) is 25.8. The minimum absolute atomic E-state index is 0.0856. The van der Waals surface area contributed by atoms with E-state index in [0.29, 0.717) is 49.2 Å². The van der Waals surface area contributed by atoms with Gasteiger partial charge < -0.3 is 24.9 Å². The average molecular weight is 1010 g/mol. The molecule has 54 heavy (non-hydrogen) atoms. The Morgan fingerprint density at radius 1 is 0.741 bits per heavy atom. The van der Waals surface area contributed by atoms with Crippen molar-refractivity contribution in [3.8, 4) is 34.3 Å². The molecule has 3 N–H and O–H groups in total. The minimum atomic E-state index is -3.43. The van der Waals surface area contributed by atoms with Gasteiger partial charge in [-0.3, -0.25) is 0 Å². The summed E-state index contributed by atoms with van der Waals surface area (Å²) in [5, 5.41) is 11.4. The Balaban J connectivity index is 0.000000342. The number of ether oxygens (including phenoxy) is 2. The Kier molecular flexibility index (Phi) is 20.1. The van der Waals surface area contributed by atoms with Crippen molar-refractivity contribution in [3.63, 3.8) is 0 Å². The van der Waals surface area contributed by atoms with Crippen LogP contribution in [0.1, 0.15) is 24.8 Å². The number of nitrogen functional groups attached to an aromatic ring is 1. The zero-order chi connectivity index (χ0) is 39.0. The first kappa shape index (κ1) is 47.4. The highest BCUT2D eigenvalue weighted by molar-refractivity contribution is 9.27. The fraction of sp³-hybridized carbons (Fsp3) is 0.357. The Morgan fingerprint density at radius 3 is 1.85 bits per heavy atom. The molecular weight excluding hydrogens is 966 g/mol. The summed E-state index contributed by atoms with van der Waals surface area (Å²) in [6.45, 7) is 3.97. The van der Waals surface area contributed by atoms with Gasteiger partial charge in [-0.1, -0.05) is 24.3 Å². The maximum atomic E-state index is 13.0. The van der Waals surface area contributed by atoms with E-state index in [0.717, 1.165) is 37.3 Å². The number of benzene rings is 2. The van der Waals surface area contributed by atoms with Crippen molar-refractivity contribution < 1.29 is 22.3 Å². The number of nitrogens with one attached hydrogen (secondary N) is 1. The van der Waals surface area contributed by atoms with Gasteiger partial charge in [0.1, 0.15) is 0 Å². The maximum Gasteiger partial charge on any atom is 0.270 e. The molecule has 2 aromatic carbocycles. The number of anilines is 1. The Bertz CT molecular complexity index is 1870. The predicted octanol–water partition coefficient (Wildman–Crippen LogP) is 11.0. The molecule has 0 bridgehead atoms. The zero-order valence-corrected chi connectivity index (χ0v) is 44.5. The fourth-order valence-electron chi connectivity index (χ4n) is 5.46. The molecule has 4 aromatic rings. The second-order valence-electron chi connectivity index (χ2n) is 12.0. The van der Waals surface area contributed by atoms with Crippen LogP contribution in [-0.2, 0) is 25.9 Å². The van der Waals surface area contributed by atoms with Crippen molar-refractivity contribution in [2.45, 2.75) is 42.0 Å². The molecule has 2 fully saturated rings. The molecule has 11 nitrogen and oxygen atoms in total. The summed E-state index contributed by atoms with van der Waals surface area (Å²) in [4.78, 5) is 9.15. The van der Waals surface area contributed by atoms with Crippen LogP contribution in [-0.4, -0.2) is 66.3 Å². The molecule has 0 amide bonds. The second kappa shape index (κ2) is 23.0. The van der Waals surface area contributed by atoms with Crippen LogP contribution in [0, 0.1) is 0 Å². The number of hydrogen-bond donors (Lipinski definition) is 2. The molecule has 6 rings (SSSR count). The molecule has 2 aromatic heterocycles. The lowest BCUT2D eigenvalue weighted by molar-refractivity contribution is 0.0983. The molecule has 294 valence electrons. The standard InChI is InChI=1S/C28H30N6O5S.H16P14/c29-26-25(28-34-33-27(39-28)20-3-1-18(2-4-20)15-30-21-9-12-38-17-21)32-24(16-31-26)19-5-7-22(8-6-19)40(35,36)23-10-13-37-14-11-23;1-9(2)13(10(3)4)14(11(5)6)12(7)8/h1-8,16,21,23,30H,9-15,17H2,(H2,29,31);1-8H2/t21-;/m0./s1. The third-order valence-corrected chi connectivity index (χ3v) is 89.4. The summed E-state index contributed by atoms with van der Waals surface area (Å²) in [6.07, 6.45) is 3.56. The van der Waals surface area contributed by atoms with E-state index in [1.54, 1.807) is 24.3 Å². The van der Waals surface area contributed by atoms with Crippen LogP contribution in [0.15, 0.2) is 64.0 Å². The lowest BCUT2D eigenvalue weighted by Gasteiger charge is -2.37. The first-order valence-corrected chi connectivity index (χ1v) is 42.4. The van der Waals surface area contributed by atoms with Crippen molar-refractivity contribution in [2.24, 2.45) is 0 Å². The summed E-state index contributed by atoms with van der Waals surface area (Å²) < 4.78 is 42.6. The molecule has 0 aliphatic carbocycles. The summed E-state index contributed by atoms with van der Waals surface area (Å²) in [6, 6.07) is 14.9. The van der Waals surface area contributed by atoms with Crippen LogP contribution in [0.4, 0.5) is 5.82 Å². The molecule has 26 heteroatoms. The monoisotopic (exact) mass is 1010 g/mol. The van der Waals surface area contributed by atoms with E-state index in [1.807, 2.05) is 24.3 Å². The fourth-order valence-corrected chi connectivity index (χ4v) is 154. The van der Waals surface area contributed by atoms with Crippen LogP contribution in [0.25, 0.3) is 34.3 Å². The SMILES string of the molecule is Nc1ncc(-c2ccc(S(=O)(=O)C3CCOCC3)cc2)nc1-c1nnc(-c2ccc(CN[C@H]3CCOC3)cc2)o1.PP(P)P(P(P)P)P(P(P)P)P(P)P. The van der Waals surface area contributed by atoms with Crippen LogP contribution in [0.2, 0.25) is 0 Å². The number of hydrogen-bond acceptors (Lipinski definition) is 11. The highest BCUT2D eigenvalue weighted by atomic mass is 33.3. The normalized spacial score (nSPS) is 17.0. The summed E-state index contributed by atoms with van der Waals surface area (Å²) in [7, 11) is 20.9. The molecule has 2 saturated heterocycles. The van der Waals surface area contributed by atoms with Gasteiger partial charge in [0.2, 0.25) is 5.89 Å². The average Bonchev–Trinajstić information content (AvgIpc) is 3.87. The molecule has 8 unspecified atom stereocenters. The highest BCUT2D eigenvalue weighted by Gasteiger charge is 2.33. The van der Waals surface area contributed by atoms with Gasteiger partial charge in [-0.2, -0.15) is 0 Å². The second-order valence-corrected chi connectivity index (χ2v) is 67.7. The van der Waals surface area contributed by atoms with E-state index in [-0.39, 0.29) is 64.2 Å². The van der Waals surface area contributed by atoms with E-state index in [4.69, 9.17) is 19.6 Å². The lowest BCUT2D eigenvalue weighted by Crippen LogP contribution is -2.28. The molecule has 2 aliphatic rings. The van der Waals surface area contributed by atoms with Gasteiger partial charge in [-0.05, 0) is 91.0 Å². The van der Waals surface area contributed by atoms with Crippen LogP contribution in [0.5, 0.6) is 0 Å². The molecule has 2 aliphatic heterocycles. The summed E-state index contributed by atoms with van der Waals surface area (Å²) >= 11 is 0. The van der Waals surface area contributed by atoms with Gasteiger partial charge in [0.15, 0.2) is 21.3 Å². The van der Waals surface area contributed by atoms with Crippen molar-refractivity contribution >= 4 is 129 Å². The Hall–Kier alpha value is 2.31. The number of aromatic nitrogens is 4. The van der Waals surface area contributed by atoms with Gasteiger partial charge in [0.25, 0.3) is 5.89 Å². The molecule has 0 saturated carbocycles. The van der Waals surface area contributed by atoms with Gasteiger partial charge in [-0.15, -0.1) is 81.6 Å². The summed E-state index contributed by atoms with van der Waals surface area (Å²) in [5.74, 6) is 0.635. The van der Waals surface area contributed by atoms with E-state index >= 15 is 0 Å². The van der Waals surface area contributed by atoms with Crippen LogP contribution < -0.4 is 11.1 Å². The first-order valence-electron chi connectivity index (χ1n) is 16.3. The molecule has 0 radical (unpaired) electrons. The number of nitrogens with zero attached hydrogens (tertiary/aromatic N) is 4. The van der Waals surface area contributed by atoms with Crippen molar-refractivity contribution in [1.82, 2.24) is 25.5 Å². The highest BCUT2D eigenvalue weighted by Crippen LogP contribution is 3.21. The van der Waals surface area contributed by atoms with Gasteiger partial charge >= 0.3 is 0 Å². The van der Waals surface area contributed by atoms with E-state index < -0.39 is 15.1 Å². The Labute approximate surface area is 343 Å². The largest absolute Gasteiger partial charge is 0.414 e. The lowest BCUT2D eigenvalue weighted by atomic mass is 10.1. The Morgan fingerprint density at radius 2 is 1.30 bits per heavy atom. The predicted molar refractivity (Wildman–Crippen MR) is 267 cm³/mol. The van der Waals surface area contributed by atoms with E-state index in [2.05, 4.69) is 96.9 Å². The van der Waals surface area contributed by atoms with Crippen molar-refractivity contribution in [2.75, 3.05) is 32.2 Å². The third kappa shape index (κ3) is 13.2. The van der Waals surface area contributed by atoms with Gasteiger partial charge in [0.05, 0.1) is 28.6 Å². The zero-order valence-electron chi connectivity index (χ0n) is 29.1. The minimum Gasteiger partial charge on any atom is -0.414 e. The third-order valence-electron chi connectivity index (χ3n) is 8.23.